The van der Waals surface area contributed by atoms with E-state index in [0.717, 1.165) is 0 Å². The van der Waals surface area contributed by atoms with Crippen LogP contribution in [0.1, 0.15) is 34.8 Å². The maximum atomic E-state index is 11.9. The van der Waals surface area contributed by atoms with Crippen molar-refractivity contribution in [1.82, 2.24) is 4.98 Å². The molecular formula is C17H23NO7. The fraction of sp³-hybridized carbons (Fsp3) is 0.588. The van der Waals surface area contributed by atoms with Crippen LogP contribution in [0.3, 0.4) is 0 Å². The van der Waals surface area contributed by atoms with E-state index in [0.29, 0.717) is 13.2 Å². The van der Waals surface area contributed by atoms with Crippen LogP contribution in [0.15, 0.2) is 18.2 Å². The molecule has 0 radical (unpaired) electrons. The van der Waals surface area contributed by atoms with Gasteiger partial charge in [-0.1, -0.05) is 6.07 Å². The topological polar surface area (TPSA) is 93.2 Å². The van der Waals surface area contributed by atoms with Crippen LogP contribution in [-0.4, -0.2) is 68.8 Å². The Morgan fingerprint density at radius 2 is 1.32 bits per heavy atom. The summed E-state index contributed by atoms with van der Waals surface area (Å²) in [6.45, 7) is 5.19. The van der Waals surface area contributed by atoms with Crippen molar-refractivity contribution in [3.05, 3.63) is 29.6 Å². The molecule has 0 spiro atoms. The Kier molecular flexibility index (Phi) is 7.77. The normalized spacial score (nSPS) is 24.6. The highest BCUT2D eigenvalue weighted by molar-refractivity contribution is 5.91. The zero-order valence-electron chi connectivity index (χ0n) is 14.4. The highest BCUT2D eigenvalue weighted by Crippen LogP contribution is 2.05. The summed E-state index contributed by atoms with van der Waals surface area (Å²) in [6, 6.07) is 4.49. The van der Waals surface area contributed by atoms with Crippen LogP contribution in [0.25, 0.3) is 0 Å². The third-order valence-corrected chi connectivity index (χ3v) is 3.26. The average molecular weight is 353 g/mol. The van der Waals surface area contributed by atoms with E-state index in [2.05, 4.69) is 4.98 Å². The first kappa shape index (κ1) is 19.3. The highest BCUT2D eigenvalue weighted by Gasteiger charge is 2.15. The van der Waals surface area contributed by atoms with Gasteiger partial charge >= 0.3 is 11.9 Å². The largest absolute Gasteiger partial charge is 0.459 e. The van der Waals surface area contributed by atoms with Crippen molar-refractivity contribution in [3.63, 3.8) is 0 Å². The minimum absolute atomic E-state index is 0.0392. The van der Waals surface area contributed by atoms with Crippen molar-refractivity contribution < 1.29 is 33.3 Å². The molecule has 1 aliphatic rings. The van der Waals surface area contributed by atoms with Crippen LogP contribution >= 0.6 is 0 Å². The molecule has 138 valence electrons. The van der Waals surface area contributed by atoms with Crippen molar-refractivity contribution in [3.8, 4) is 0 Å². The van der Waals surface area contributed by atoms with Crippen molar-refractivity contribution in [2.24, 2.45) is 0 Å². The molecule has 0 saturated carbocycles. The van der Waals surface area contributed by atoms with Gasteiger partial charge in [-0.05, 0) is 26.0 Å². The second-order valence-corrected chi connectivity index (χ2v) is 5.59. The molecule has 8 nitrogen and oxygen atoms in total. The first-order valence-electron chi connectivity index (χ1n) is 8.18. The Morgan fingerprint density at radius 3 is 1.80 bits per heavy atom. The van der Waals surface area contributed by atoms with Crippen molar-refractivity contribution in [2.45, 2.75) is 26.1 Å². The van der Waals surface area contributed by atoms with Crippen LogP contribution in [-0.2, 0) is 23.7 Å². The summed E-state index contributed by atoms with van der Waals surface area (Å²) >= 11 is 0. The second kappa shape index (κ2) is 10.1. The molecule has 0 aromatic carbocycles. The SMILES string of the molecule is CC1COCCOC(=O)c2cccc(n2)C(=O)OCCOCC(C)O1. The lowest BCUT2D eigenvalue weighted by Crippen LogP contribution is -2.27. The number of rotatable bonds is 0. The molecule has 0 saturated heterocycles. The molecule has 25 heavy (non-hydrogen) atoms. The maximum Gasteiger partial charge on any atom is 0.357 e. The molecule has 0 fully saturated rings. The molecule has 2 heterocycles. The quantitative estimate of drug-likeness (QED) is 0.643. The van der Waals surface area contributed by atoms with Crippen LogP contribution in [0, 0.1) is 0 Å². The fourth-order valence-electron chi connectivity index (χ4n) is 2.17. The molecule has 2 rings (SSSR count). The van der Waals surface area contributed by atoms with Crippen LogP contribution < -0.4 is 0 Å². The number of carbonyl (C=O) groups is 2. The molecule has 8 heteroatoms. The summed E-state index contributed by atoms with van der Waals surface area (Å²) in [6.07, 6.45) is -0.242. The van der Waals surface area contributed by atoms with Gasteiger partial charge in [-0.3, -0.25) is 0 Å². The number of fused-ring (bicyclic) bond motifs is 2. The summed E-state index contributed by atoms with van der Waals surface area (Å²) in [4.78, 5) is 27.9. The van der Waals surface area contributed by atoms with Gasteiger partial charge in [-0.2, -0.15) is 0 Å². The second-order valence-electron chi connectivity index (χ2n) is 5.59. The van der Waals surface area contributed by atoms with Gasteiger partial charge in [0, 0.05) is 0 Å². The van der Waals surface area contributed by atoms with Gasteiger partial charge in [-0.25, -0.2) is 14.6 Å². The van der Waals surface area contributed by atoms with Gasteiger partial charge in [-0.15, -0.1) is 0 Å². The third kappa shape index (κ3) is 6.77. The van der Waals surface area contributed by atoms with E-state index in [1.165, 1.54) is 12.1 Å². The Labute approximate surface area is 146 Å². The van der Waals surface area contributed by atoms with Crippen LogP contribution in [0.2, 0.25) is 0 Å². The minimum atomic E-state index is -0.624. The number of carbonyl (C=O) groups excluding carboxylic acids is 2. The van der Waals surface area contributed by atoms with E-state index < -0.39 is 11.9 Å². The summed E-state index contributed by atoms with van der Waals surface area (Å²) in [5, 5.41) is 0. The zero-order chi connectivity index (χ0) is 18.1. The lowest BCUT2D eigenvalue weighted by Gasteiger charge is -2.19. The number of pyridine rings is 1. The molecule has 2 atom stereocenters. The Bertz CT molecular complexity index is 533. The number of hydrogen-bond donors (Lipinski definition) is 0. The van der Waals surface area contributed by atoms with Gasteiger partial charge in [0.25, 0.3) is 0 Å². The van der Waals surface area contributed by atoms with Crippen LogP contribution in [0.4, 0.5) is 0 Å². The van der Waals surface area contributed by atoms with Gasteiger partial charge in [0.05, 0.1) is 38.6 Å². The molecule has 2 bridgehead atoms. The molecule has 0 aliphatic carbocycles. The molecule has 2 unspecified atom stereocenters. The summed E-state index contributed by atoms with van der Waals surface area (Å²) in [5.74, 6) is -1.25. The predicted octanol–water partition coefficient (Wildman–Crippen LogP) is 1.24. The predicted molar refractivity (Wildman–Crippen MR) is 86.4 cm³/mol. The first-order chi connectivity index (χ1) is 12.1. The van der Waals surface area contributed by atoms with Crippen molar-refractivity contribution >= 4 is 11.9 Å². The number of aromatic nitrogens is 1. The van der Waals surface area contributed by atoms with Gasteiger partial charge < -0.3 is 23.7 Å². The number of nitrogens with zero attached hydrogens (tertiary/aromatic N) is 1. The highest BCUT2D eigenvalue weighted by atomic mass is 16.6. The summed E-state index contributed by atoms with van der Waals surface area (Å²) < 4.78 is 26.7. The Hall–Kier alpha value is -2.03. The Morgan fingerprint density at radius 1 is 0.840 bits per heavy atom. The smallest absolute Gasteiger partial charge is 0.357 e. The van der Waals surface area contributed by atoms with E-state index in [-0.39, 0.29) is 50.0 Å². The number of hydrogen-bond acceptors (Lipinski definition) is 8. The lowest BCUT2D eigenvalue weighted by molar-refractivity contribution is -0.0767. The summed E-state index contributed by atoms with van der Waals surface area (Å²) in [5.41, 5.74) is 0.0784. The van der Waals surface area contributed by atoms with Gasteiger partial charge in [0.2, 0.25) is 0 Å². The maximum absolute atomic E-state index is 11.9. The van der Waals surface area contributed by atoms with E-state index in [1.807, 2.05) is 13.8 Å². The third-order valence-electron chi connectivity index (χ3n) is 3.26. The van der Waals surface area contributed by atoms with E-state index in [1.54, 1.807) is 6.07 Å². The van der Waals surface area contributed by atoms with E-state index in [9.17, 15) is 9.59 Å². The van der Waals surface area contributed by atoms with Crippen molar-refractivity contribution in [1.29, 1.82) is 0 Å². The Balaban J connectivity index is 1.99. The molecule has 0 N–H and O–H groups in total. The van der Waals surface area contributed by atoms with E-state index in [4.69, 9.17) is 23.7 Å². The molecule has 0 amide bonds. The molecule has 1 aromatic heterocycles. The van der Waals surface area contributed by atoms with Gasteiger partial charge in [0.1, 0.15) is 24.6 Å². The monoisotopic (exact) mass is 353 g/mol. The minimum Gasteiger partial charge on any atom is -0.459 e. The van der Waals surface area contributed by atoms with Crippen LogP contribution in [0.5, 0.6) is 0 Å². The molecular weight excluding hydrogens is 330 g/mol. The average Bonchev–Trinajstić information content (AvgIpc) is 2.60. The zero-order valence-corrected chi connectivity index (χ0v) is 14.4. The van der Waals surface area contributed by atoms with Crippen molar-refractivity contribution in [2.75, 3.05) is 39.6 Å². The standard InChI is InChI=1S/C17H23NO7/c1-12-10-21-6-8-23-16(19)14-4-3-5-15(18-14)17(20)24-9-7-22-11-13(2)25-12/h3-5,12-13H,6-11H2,1-2H3. The molecule has 1 aliphatic heterocycles. The first-order valence-corrected chi connectivity index (χ1v) is 8.18. The summed E-state index contributed by atoms with van der Waals surface area (Å²) in [7, 11) is 0. The number of esters is 2. The number of cyclic esters (lactones) is 2. The molecule has 1 aromatic rings. The van der Waals surface area contributed by atoms with Gasteiger partial charge in [0.15, 0.2) is 0 Å². The lowest BCUT2D eigenvalue weighted by atomic mass is 10.3. The number of ether oxygens (including phenoxy) is 5. The van der Waals surface area contributed by atoms with E-state index >= 15 is 0 Å². The fourth-order valence-corrected chi connectivity index (χ4v) is 2.17.